The molecule has 4 heteroatoms. The molecular weight excluding hydrogens is 250 g/mol. The summed E-state index contributed by atoms with van der Waals surface area (Å²) in [6.07, 6.45) is 2.28. The Morgan fingerprint density at radius 3 is 2.83 bits per heavy atom. The van der Waals surface area contributed by atoms with Crippen molar-refractivity contribution in [2.75, 3.05) is 19.8 Å². The van der Waals surface area contributed by atoms with E-state index >= 15 is 0 Å². The van der Waals surface area contributed by atoms with Crippen molar-refractivity contribution in [3.05, 3.63) is 22.2 Å². The fourth-order valence-electron chi connectivity index (χ4n) is 2.85. The largest absolute Gasteiger partial charge is 0.486 e. The molecule has 98 valence electrons. The third kappa shape index (κ3) is 1.77. The Balaban J connectivity index is 2.13. The van der Waals surface area contributed by atoms with Crippen LogP contribution < -0.4 is 14.8 Å². The zero-order valence-corrected chi connectivity index (χ0v) is 11.6. The van der Waals surface area contributed by atoms with E-state index in [2.05, 4.69) is 12.2 Å². The highest BCUT2D eigenvalue weighted by Gasteiger charge is 2.34. The molecule has 3 rings (SSSR count). The highest BCUT2D eigenvalue weighted by molar-refractivity contribution is 6.32. The van der Waals surface area contributed by atoms with Crippen molar-refractivity contribution in [3.63, 3.8) is 0 Å². The molecular formula is C14H18ClNO2. The number of rotatable bonds is 1. The first-order chi connectivity index (χ1) is 8.62. The van der Waals surface area contributed by atoms with E-state index in [1.807, 2.05) is 13.0 Å². The predicted octanol–water partition coefficient (Wildman–Crippen LogP) is 3.02. The Labute approximate surface area is 112 Å². The van der Waals surface area contributed by atoms with E-state index in [1.54, 1.807) is 0 Å². The lowest BCUT2D eigenvalue weighted by atomic mass is 9.89. The number of hydrogen-bond acceptors (Lipinski definition) is 3. The van der Waals surface area contributed by atoms with E-state index in [-0.39, 0.29) is 5.54 Å². The molecule has 0 spiro atoms. The number of halogens is 1. The number of nitrogens with one attached hydrogen (secondary N) is 1. The molecule has 1 aromatic carbocycles. The molecule has 0 saturated carbocycles. The maximum Gasteiger partial charge on any atom is 0.165 e. The molecule has 18 heavy (non-hydrogen) atoms. The second-order valence-electron chi connectivity index (χ2n) is 5.25. The fraction of sp³-hybridized carbons (Fsp3) is 0.571. The standard InChI is InChI=1S/C14H18ClNO2/c1-9-12(15)10(14(2)4-3-5-16-14)8-11-13(9)18-7-6-17-11/h8,16H,3-7H2,1-2H3. The minimum absolute atomic E-state index is 0.0440. The predicted molar refractivity (Wildman–Crippen MR) is 71.8 cm³/mol. The van der Waals surface area contributed by atoms with Gasteiger partial charge in [-0.25, -0.2) is 0 Å². The summed E-state index contributed by atoms with van der Waals surface area (Å²) in [7, 11) is 0. The van der Waals surface area contributed by atoms with Crippen LogP contribution in [0.15, 0.2) is 6.07 Å². The van der Waals surface area contributed by atoms with Gasteiger partial charge >= 0.3 is 0 Å². The van der Waals surface area contributed by atoms with Crippen LogP contribution in [0.5, 0.6) is 11.5 Å². The lowest BCUT2D eigenvalue weighted by Crippen LogP contribution is -2.34. The zero-order chi connectivity index (χ0) is 12.8. The first-order valence-corrected chi connectivity index (χ1v) is 6.84. The third-order valence-electron chi connectivity index (χ3n) is 3.96. The average Bonchev–Trinajstić information content (AvgIpc) is 2.82. The van der Waals surface area contributed by atoms with Gasteiger partial charge in [0.1, 0.15) is 13.2 Å². The van der Waals surface area contributed by atoms with Crippen molar-refractivity contribution in [3.8, 4) is 11.5 Å². The lowest BCUT2D eigenvalue weighted by Gasteiger charge is -2.30. The molecule has 0 radical (unpaired) electrons. The summed E-state index contributed by atoms with van der Waals surface area (Å²) in [5.74, 6) is 1.63. The van der Waals surface area contributed by atoms with Crippen molar-refractivity contribution >= 4 is 11.6 Å². The summed E-state index contributed by atoms with van der Waals surface area (Å²) in [5.41, 5.74) is 2.07. The van der Waals surface area contributed by atoms with Crippen LogP contribution in [0.3, 0.4) is 0 Å². The van der Waals surface area contributed by atoms with Crippen molar-refractivity contribution in [2.45, 2.75) is 32.2 Å². The van der Waals surface area contributed by atoms with Gasteiger partial charge in [0, 0.05) is 11.1 Å². The van der Waals surface area contributed by atoms with Crippen LogP contribution in [0.2, 0.25) is 5.02 Å². The SMILES string of the molecule is Cc1c(Cl)c(C2(C)CCCN2)cc2c1OCCO2. The number of ether oxygens (including phenoxy) is 2. The normalized spacial score (nSPS) is 26.4. The molecule has 0 amide bonds. The molecule has 3 nitrogen and oxygen atoms in total. The van der Waals surface area contributed by atoms with Gasteiger partial charge < -0.3 is 14.8 Å². The highest BCUT2D eigenvalue weighted by atomic mass is 35.5. The summed E-state index contributed by atoms with van der Waals surface area (Å²) < 4.78 is 11.3. The molecule has 2 aliphatic rings. The number of fused-ring (bicyclic) bond motifs is 1. The van der Waals surface area contributed by atoms with Crippen molar-refractivity contribution < 1.29 is 9.47 Å². The Kier molecular flexibility index (Phi) is 2.91. The van der Waals surface area contributed by atoms with Gasteiger partial charge in [0.05, 0.1) is 5.02 Å². The van der Waals surface area contributed by atoms with E-state index in [4.69, 9.17) is 21.1 Å². The van der Waals surface area contributed by atoms with E-state index < -0.39 is 0 Å². The molecule has 1 atom stereocenters. The first-order valence-electron chi connectivity index (χ1n) is 6.46. The summed E-state index contributed by atoms with van der Waals surface area (Å²) in [6.45, 7) is 6.45. The van der Waals surface area contributed by atoms with Crippen molar-refractivity contribution in [2.24, 2.45) is 0 Å². The Bertz CT molecular complexity index is 481. The minimum atomic E-state index is -0.0440. The Morgan fingerprint density at radius 2 is 2.11 bits per heavy atom. The smallest absolute Gasteiger partial charge is 0.165 e. The van der Waals surface area contributed by atoms with Crippen LogP contribution in [0, 0.1) is 6.92 Å². The van der Waals surface area contributed by atoms with Crippen LogP contribution in [0.25, 0.3) is 0 Å². The summed E-state index contributed by atoms with van der Waals surface area (Å²) in [4.78, 5) is 0. The van der Waals surface area contributed by atoms with Crippen LogP contribution in [0.1, 0.15) is 30.9 Å². The molecule has 2 heterocycles. The van der Waals surface area contributed by atoms with E-state index in [0.717, 1.165) is 40.6 Å². The second kappa shape index (κ2) is 4.32. The van der Waals surface area contributed by atoms with Crippen molar-refractivity contribution in [1.82, 2.24) is 5.32 Å². The molecule has 1 N–H and O–H groups in total. The molecule has 2 aliphatic heterocycles. The van der Waals surface area contributed by atoms with Gasteiger partial charge in [0.2, 0.25) is 0 Å². The van der Waals surface area contributed by atoms with Crippen molar-refractivity contribution in [1.29, 1.82) is 0 Å². The minimum Gasteiger partial charge on any atom is -0.486 e. The number of hydrogen-bond donors (Lipinski definition) is 1. The van der Waals surface area contributed by atoms with E-state index in [1.165, 1.54) is 6.42 Å². The zero-order valence-electron chi connectivity index (χ0n) is 10.8. The second-order valence-corrected chi connectivity index (χ2v) is 5.63. The molecule has 1 saturated heterocycles. The average molecular weight is 268 g/mol. The van der Waals surface area contributed by atoms with E-state index in [0.29, 0.717) is 13.2 Å². The first kappa shape index (κ1) is 12.1. The summed E-state index contributed by atoms with van der Waals surface area (Å²) in [5, 5.41) is 4.35. The molecule has 0 aromatic heterocycles. The Morgan fingerprint density at radius 1 is 1.33 bits per heavy atom. The quantitative estimate of drug-likeness (QED) is 0.848. The molecule has 0 aliphatic carbocycles. The molecule has 1 aromatic rings. The summed E-state index contributed by atoms with van der Waals surface area (Å²) >= 11 is 6.52. The Hall–Kier alpha value is -0.930. The van der Waals surface area contributed by atoms with Crippen LogP contribution in [-0.2, 0) is 5.54 Å². The maximum atomic E-state index is 6.52. The van der Waals surface area contributed by atoms with Gasteiger partial charge in [-0.1, -0.05) is 11.6 Å². The lowest BCUT2D eigenvalue weighted by molar-refractivity contribution is 0.170. The topological polar surface area (TPSA) is 30.5 Å². The third-order valence-corrected chi connectivity index (χ3v) is 4.44. The van der Waals surface area contributed by atoms with Crippen LogP contribution in [0.4, 0.5) is 0 Å². The van der Waals surface area contributed by atoms with Gasteiger partial charge in [-0.2, -0.15) is 0 Å². The van der Waals surface area contributed by atoms with Gasteiger partial charge in [-0.15, -0.1) is 0 Å². The van der Waals surface area contributed by atoms with Gasteiger partial charge in [-0.3, -0.25) is 0 Å². The van der Waals surface area contributed by atoms with Gasteiger partial charge in [0.15, 0.2) is 11.5 Å². The van der Waals surface area contributed by atoms with Gasteiger partial charge in [-0.05, 0) is 44.9 Å². The molecule has 0 bridgehead atoms. The maximum absolute atomic E-state index is 6.52. The van der Waals surface area contributed by atoms with Gasteiger partial charge in [0.25, 0.3) is 0 Å². The number of benzene rings is 1. The monoisotopic (exact) mass is 267 g/mol. The summed E-state index contributed by atoms with van der Waals surface area (Å²) in [6, 6.07) is 2.04. The molecule has 1 fully saturated rings. The van der Waals surface area contributed by atoms with E-state index in [9.17, 15) is 0 Å². The van der Waals surface area contributed by atoms with Crippen LogP contribution in [-0.4, -0.2) is 19.8 Å². The fourth-order valence-corrected chi connectivity index (χ4v) is 3.20. The highest BCUT2D eigenvalue weighted by Crippen LogP contribution is 2.45. The van der Waals surface area contributed by atoms with Crippen LogP contribution >= 0.6 is 11.6 Å². The molecule has 1 unspecified atom stereocenters.